The molecule has 0 saturated heterocycles. The van der Waals surface area contributed by atoms with Gasteiger partial charge in [-0.2, -0.15) is 0 Å². The first-order valence-electron chi connectivity index (χ1n) is 10.5. The third-order valence-electron chi connectivity index (χ3n) is 5.48. The number of benzene rings is 3. The summed E-state index contributed by atoms with van der Waals surface area (Å²) in [5.41, 5.74) is 8.79. The molecular weight excluding hydrogens is 372 g/mol. The van der Waals surface area contributed by atoms with Gasteiger partial charge >= 0.3 is 0 Å². The van der Waals surface area contributed by atoms with Gasteiger partial charge in [-0.25, -0.2) is 0 Å². The van der Waals surface area contributed by atoms with Crippen LogP contribution in [0.4, 0.5) is 0 Å². The van der Waals surface area contributed by atoms with Crippen molar-refractivity contribution in [3.63, 3.8) is 0 Å². The Labute approximate surface area is 180 Å². The van der Waals surface area contributed by atoms with Gasteiger partial charge in [0.25, 0.3) is 0 Å². The molecule has 152 valence electrons. The lowest BCUT2D eigenvalue weighted by atomic mass is 9.82. The summed E-state index contributed by atoms with van der Waals surface area (Å²) in [6, 6.07) is 21.7. The van der Waals surface area contributed by atoms with Crippen LogP contribution in [0, 0.1) is 6.92 Å². The average molecular weight is 405 g/mol. The second-order valence-electron chi connectivity index (χ2n) is 8.32. The molecule has 3 aromatic rings. The Bertz CT molecular complexity index is 941. The van der Waals surface area contributed by atoms with Gasteiger partial charge in [-0.3, -0.25) is 0 Å². The Balaban J connectivity index is 2.19. The van der Waals surface area contributed by atoms with Crippen molar-refractivity contribution in [1.82, 2.24) is 0 Å². The van der Waals surface area contributed by atoms with E-state index < -0.39 is 0 Å². The van der Waals surface area contributed by atoms with E-state index in [2.05, 4.69) is 95.3 Å². The minimum absolute atomic E-state index is 0.0678. The lowest BCUT2D eigenvalue weighted by Gasteiger charge is -2.25. The predicted octanol–water partition coefficient (Wildman–Crippen LogP) is 7.69. The van der Waals surface area contributed by atoms with E-state index >= 15 is 0 Å². The van der Waals surface area contributed by atoms with Crippen molar-refractivity contribution in [2.75, 3.05) is 0 Å². The lowest BCUT2D eigenvalue weighted by molar-refractivity contribution is 0.280. The Morgan fingerprint density at radius 3 is 1.93 bits per heavy atom. The van der Waals surface area contributed by atoms with Crippen LogP contribution in [0.15, 0.2) is 65.6 Å². The summed E-state index contributed by atoms with van der Waals surface area (Å²) in [6.45, 7) is 11.2. The first kappa shape index (κ1) is 21.7. The molecule has 0 fully saturated rings. The fourth-order valence-electron chi connectivity index (χ4n) is 3.91. The molecule has 0 radical (unpaired) electrons. The van der Waals surface area contributed by atoms with Gasteiger partial charge < -0.3 is 5.11 Å². The Morgan fingerprint density at radius 2 is 1.38 bits per heavy atom. The molecule has 2 heteroatoms. The maximum Gasteiger partial charge on any atom is 0.0690 e. The van der Waals surface area contributed by atoms with Crippen LogP contribution in [0.1, 0.15) is 67.3 Å². The molecule has 0 aromatic heterocycles. The Kier molecular flexibility index (Phi) is 7.21. The fraction of sp³-hybridized carbons (Fsp3) is 0.333. The van der Waals surface area contributed by atoms with Gasteiger partial charge in [0.1, 0.15) is 0 Å². The molecule has 1 N–H and O–H groups in total. The standard InChI is InChI=1S/C27H32OS/c1-18(2)23-15-24(19(3)4)26(17-29-22-13-11-20(5)12-14-22)27(25(23)16-28)21-9-7-6-8-10-21/h6-15,18-19,28H,16-17H2,1-5H3. The van der Waals surface area contributed by atoms with Crippen molar-refractivity contribution in [3.05, 3.63) is 88.5 Å². The summed E-state index contributed by atoms with van der Waals surface area (Å²) in [5.74, 6) is 1.69. The highest BCUT2D eigenvalue weighted by molar-refractivity contribution is 7.98. The van der Waals surface area contributed by atoms with Crippen molar-refractivity contribution < 1.29 is 5.11 Å². The summed E-state index contributed by atoms with van der Waals surface area (Å²) in [4.78, 5) is 1.28. The van der Waals surface area contributed by atoms with Crippen LogP contribution in [-0.4, -0.2) is 5.11 Å². The van der Waals surface area contributed by atoms with Gasteiger partial charge in [0.15, 0.2) is 0 Å². The van der Waals surface area contributed by atoms with E-state index in [0.29, 0.717) is 11.8 Å². The highest BCUT2D eigenvalue weighted by atomic mass is 32.2. The molecule has 3 aromatic carbocycles. The molecule has 0 aliphatic heterocycles. The van der Waals surface area contributed by atoms with Gasteiger partial charge in [0, 0.05) is 10.6 Å². The van der Waals surface area contributed by atoms with Crippen molar-refractivity contribution >= 4 is 11.8 Å². The minimum atomic E-state index is 0.0678. The maximum atomic E-state index is 10.4. The van der Waals surface area contributed by atoms with E-state index in [9.17, 15) is 5.11 Å². The monoisotopic (exact) mass is 404 g/mol. The normalized spacial score (nSPS) is 11.4. The number of hydrogen-bond acceptors (Lipinski definition) is 2. The largest absolute Gasteiger partial charge is 0.392 e. The Hall–Kier alpha value is -2.03. The van der Waals surface area contributed by atoms with Crippen molar-refractivity contribution in [1.29, 1.82) is 0 Å². The molecule has 0 aliphatic carbocycles. The van der Waals surface area contributed by atoms with Crippen molar-refractivity contribution in [2.24, 2.45) is 0 Å². The number of hydrogen-bond donors (Lipinski definition) is 1. The van der Waals surface area contributed by atoms with Crippen LogP contribution in [0.3, 0.4) is 0 Å². The molecule has 0 atom stereocenters. The third kappa shape index (κ3) is 4.94. The zero-order valence-electron chi connectivity index (χ0n) is 18.2. The number of aryl methyl sites for hydroxylation is 1. The molecule has 0 bridgehead atoms. The van der Waals surface area contributed by atoms with Gasteiger partial charge in [0.05, 0.1) is 6.61 Å². The lowest BCUT2D eigenvalue weighted by Crippen LogP contribution is -2.08. The van der Waals surface area contributed by atoms with E-state index in [4.69, 9.17) is 0 Å². The maximum absolute atomic E-state index is 10.4. The highest BCUT2D eigenvalue weighted by Gasteiger charge is 2.21. The van der Waals surface area contributed by atoms with Crippen molar-refractivity contribution in [2.45, 2.75) is 63.7 Å². The molecule has 1 nitrogen and oxygen atoms in total. The number of thioether (sulfide) groups is 1. The molecule has 0 aliphatic rings. The summed E-state index contributed by atoms with van der Waals surface area (Å²) in [5, 5.41) is 10.4. The first-order valence-corrected chi connectivity index (χ1v) is 11.4. The van der Waals surface area contributed by atoms with Crippen LogP contribution < -0.4 is 0 Å². The second kappa shape index (κ2) is 9.65. The van der Waals surface area contributed by atoms with E-state index in [1.165, 1.54) is 38.3 Å². The summed E-state index contributed by atoms with van der Waals surface area (Å²) in [6.07, 6.45) is 0. The third-order valence-corrected chi connectivity index (χ3v) is 6.52. The molecule has 0 amide bonds. The molecule has 3 rings (SSSR count). The first-order chi connectivity index (χ1) is 13.9. The van der Waals surface area contributed by atoms with Gasteiger partial charge in [-0.05, 0) is 64.3 Å². The molecule has 0 heterocycles. The molecule has 0 spiro atoms. The highest BCUT2D eigenvalue weighted by Crippen LogP contribution is 2.41. The van der Waals surface area contributed by atoms with Crippen LogP contribution in [0.25, 0.3) is 11.1 Å². The van der Waals surface area contributed by atoms with Crippen LogP contribution in [0.2, 0.25) is 0 Å². The number of rotatable bonds is 7. The smallest absolute Gasteiger partial charge is 0.0690 e. The van der Waals surface area contributed by atoms with E-state index in [0.717, 1.165) is 11.3 Å². The van der Waals surface area contributed by atoms with Crippen LogP contribution in [-0.2, 0) is 12.4 Å². The van der Waals surface area contributed by atoms with Crippen LogP contribution >= 0.6 is 11.8 Å². The van der Waals surface area contributed by atoms with Crippen LogP contribution in [0.5, 0.6) is 0 Å². The second-order valence-corrected chi connectivity index (χ2v) is 9.37. The van der Waals surface area contributed by atoms with Gasteiger partial charge in [-0.1, -0.05) is 81.8 Å². The molecule has 0 saturated carbocycles. The molecule has 29 heavy (non-hydrogen) atoms. The number of aliphatic hydroxyl groups excluding tert-OH is 1. The summed E-state index contributed by atoms with van der Waals surface area (Å²) < 4.78 is 0. The summed E-state index contributed by atoms with van der Waals surface area (Å²) in [7, 11) is 0. The average Bonchev–Trinajstić information content (AvgIpc) is 2.72. The number of aliphatic hydroxyl groups is 1. The summed E-state index contributed by atoms with van der Waals surface area (Å²) >= 11 is 1.87. The van der Waals surface area contributed by atoms with E-state index in [-0.39, 0.29) is 6.61 Å². The quantitative estimate of drug-likeness (QED) is 0.407. The minimum Gasteiger partial charge on any atom is -0.392 e. The van der Waals surface area contributed by atoms with Gasteiger partial charge in [0.2, 0.25) is 0 Å². The molecular formula is C27H32OS. The fourth-order valence-corrected chi connectivity index (χ4v) is 4.86. The van der Waals surface area contributed by atoms with E-state index in [1.807, 2.05) is 11.8 Å². The zero-order chi connectivity index (χ0) is 21.0. The SMILES string of the molecule is Cc1ccc(SCc2c(C(C)C)cc(C(C)C)c(CO)c2-c2ccccc2)cc1. The van der Waals surface area contributed by atoms with Crippen molar-refractivity contribution in [3.8, 4) is 11.1 Å². The molecule has 0 unspecified atom stereocenters. The van der Waals surface area contributed by atoms with E-state index in [1.54, 1.807) is 0 Å². The topological polar surface area (TPSA) is 20.2 Å². The Morgan fingerprint density at radius 1 is 0.793 bits per heavy atom. The van der Waals surface area contributed by atoms with Gasteiger partial charge in [-0.15, -0.1) is 11.8 Å². The predicted molar refractivity (Wildman–Crippen MR) is 127 cm³/mol. The zero-order valence-corrected chi connectivity index (χ0v) is 19.0.